The van der Waals surface area contributed by atoms with E-state index < -0.39 is 0 Å². The number of nitrogens with zero attached hydrogens (tertiary/aromatic N) is 2. The molecule has 4 heteroatoms. The van der Waals surface area contributed by atoms with Crippen LogP contribution in [0.15, 0.2) is 24.3 Å². The Labute approximate surface area is 120 Å². The van der Waals surface area contributed by atoms with Crippen LogP contribution in [-0.4, -0.2) is 43.2 Å². The molecule has 3 nitrogen and oxygen atoms in total. The number of piperidine rings is 1. The van der Waals surface area contributed by atoms with Gasteiger partial charge in [0.05, 0.1) is 5.54 Å². The number of likely N-dealkylation sites (N-methyl/N-ethyl adjacent to an activating group) is 1. The average molecular weight is 277 g/mol. The van der Waals surface area contributed by atoms with E-state index in [9.17, 15) is 4.39 Å². The molecule has 2 N–H and O–H groups in total. The maximum Gasteiger partial charge on any atom is 0.125 e. The molecular weight excluding hydrogens is 253 g/mol. The van der Waals surface area contributed by atoms with E-state index >= 15 is 0 Å². The zero-order valence-electron chi connectivity index (χ0n) is 12.2. The molecule has 3 unspecified atom stereocenters. The smallest absolute Gasteiger partial charge is 0.125 e. The predicted octanol–water partition coefficient (Wildman–Crippen LogP) is 2.08. The van der Waals surface area contributed by atoms with Gasteiger partial charge in [-0.2, -0.15) is 0 Å². The quantitative estimate of drug-likeness (QED) is 0.914. The molecule has 20 heavy (non-hydrogen) atoms. The topological polar surface area (TPSA) is 32.5 Å². The Morgan fingerprint density at radius 2 is 2.30 bits per heavy atom. The third kappa shape index (κ3) is 2.11. The first-order valence-corrected chi connectivity index (χ1v) is 7.65. The summed E-state index contributed by atoms with van der Waals surface area (Å²) in [6.45, 7) is 7.10. The Hall–Kier alpha value is -1.13. The summed E-state index contributed by atoms with van der Waals surface area (Å²) in [4.78, 5) is 4.88. The zero-order valence-corrected chi connectivity index (χ0v) is 12.2. The maximum atomic E-state index is 13.6. The fraction of sp³-hybridized carbons (Fsp3) is 0.625. The highest BCUT2D eigenvalue weighted by molar-refractivity contribution is 5.50. The Bertz CT molecular complexity index is 479. The van der Waals surface area contributed by atoms with Crippen LogP contribution in [0.5, 0.6) is 0 Å². The van der Waals surface area contributed by atoms with Crippen LogP contribution < -0.4 is 10.6 Å². The van der Waals surface area contributed by atoms with Crippen LogP contribution in [0.25, 0.3) is 0 Å². The minimum Gasteiger partial charge on any atom is -0.364 e. The predicted molar refractivity (Wildman–Crippen MR) is 80.4 cm³/mol. The van der Waals surface area contributed by atoms with E-state index in [1.54, 1.807) is 12.1 Å². The van der Waals surface area contributed by atoms with E-state index in [4.69, 9.17) is 5.73 Å². The minimum atomic E-state index is -0.169. The fourth-order valence-corrected chi connectivity index (χ4v) is 4.16. The SMILES string of the molecule is CCN(c1cccc(F)c1)C1(CN)CCN2CCC1C2. The molecule has 110 valence electrons. The number of halogens is 1. The molecule has 3 atom stereocenters. The maximum absolute atomic E-state index is 13.6. The van der Waals surface area contributed by atoms with Crippen LogP contribution in [-0.2, 0) is 0 Å². The lowest BCUT2D eigenvalue weighted by atomic mass is 9.77. The Morgan fingerprint density at radius 3 is 3.00 bits per heavy atom. The lowest BCUT2D eigenvalue weighted by Gasteiger charge is -2.51. The van der Waals surface area contributed by atoms with Crippen molar-refractivity contribution in [3.8, 4) is 0 Å². The first-order chi connectivity index (χ1) is 9.69. The summed E-state index contributed by atoms with van der Waals surface area (Å²) in [5, 5.41) is 0. The Morgan fingerprint density at radius 1 is 1.45 bits per heavy atom. The van der Waals surface area contributed by atoms with Crippen LogP contribution in [0.3, 0.4) is 0 Å². The molecule has 2 saturated heterocycles. The lowest BCUT2D eigenvalue weighted by molar-refractivity contribution is 0.164. The summed E-state index contributed by atoms with van der Waals surface area (Å²) in [6, 6.07) is 6.94. The van der Waals surface area contributed by atoms with E-state index in [0.717, 1.165) is 31.7 Å². The number of nitrogens with two attached hydrogens (primary N) is 1. The van der Waals surface area contributed by atoms with E-state index in [1.807, 2.05) is 6.07 Å². The lowest BCUT2D eigenvalue weighted by Crippen LogP contribution is -2.62. The van der Waals surface area contributed by atoms with Gasteiger partial charge >= 0.3 is 0 Å². The molecule has 0 spiro atoms. The van der Waals surface area contributed by atoms with Gasteiger partial charge in [-0.1, -0.05) is 6.07 Å². The third-order valence-electron chi connectivity index (χ3n) is 5.22. The molecule has 2 bridgehead atoms. The number of anilines is 1. The molecule has 2 fully saturated rings. The molecule has 1 aromatic rings. The van der Waals surface area contributed by atoms with Gasteiger partial charge in [-0.05, 0) is 50.4 Å². The molecule has 0 amide bonds. The van der Waals surface area contributed by atoms with Crippen LogP contribution in [0, 0.1) is 11.7 Å². The summed E-state index contributed by atoms with van der Waals surface area (Å²) in [5.41, 5.74) is 7.19. The Balaban J connectivity index is 1.97. The van der Waals surface area contributed by atoms with Crippen LogP contribution in [0.2, 0.25) is 0 Å². The van der Waals surface area contributed by atoms with Gasteiger partial charge in [-0.3, -0.25) is 0 Å². The summed E-state index contributed by atoms with van der Waals surface area (Å²) in [5.74, 6) is 0.432. The van der Waals surface area contributed by atoms with Gasteiger partial charge in [0, 0.05) is 31.9 Å². The fourth-order valence-electron chi connectivity index (χ4n) is 4.16. The summed E-state index contributed by atoms with van der Waals surface area (Å²) < 4.78 is 13.6. The highest BCUT2D eigenvalue weighted by Gasteiger charge is 2.48. The summed E-state index contributed by atoms with van der Waals surface area (Å²) >= 11 is 0. The highest BCUT2D eigenvalue weighted by atomic mass is 19.1. The van der Waals surface area contributed by atoms with E-state index in [0.29, 0.717) is 12.5 Å². The largest absolute Gasteiger partial charge is 0.364 e. The molecule has 0 aromatic heterocycles. The molecule has 2 heterocycles. The molecule has 2 aliphatic heterocycles. The molecule has 1 aromatic carbocycles. The average Bonchev–Trinajstić information content (AvgIpc) is 2.86. The second-order valence-corrected chi connectivity index (χ2v) is 6.07. The van der Waals surface area contributed by atoms with Crippen molar-refractivity contribution >= 4 is 5.69 Å². The van der Waals surface area contributed by atoms with E-state index in [-0.39, 0.29) is 11.4 Å². The first-order valence-electron chi connectivity index (χ1n) is 7.65. The van der Waals surface area contributed by atoms with Crippen LogP contribution in [0.4, 0.5) is 10.1 Å². The van der Waals surface area contributed by atoms with Crippen molar-refractivity contribution in [2.24, 2.45) is 11.7 Å². The van der Waals surface area contributed by atoms with Crippen molar-refractivity contribution in [2.75, 3.05) is 37.6 Å². The monoisotopic (exact) mass is 277 g/mol. The summed E-state index contributed by atoms with van der Waals surface area (Å²) in [7, 11) is 0. The van der Waals surface area contributed by atoms with Crippen molar-refractivity contribution in [1.29, 1.82) is 0 Å². The zero-order chi connectivity index (χ0) is 14.2. The normalized spacial score (nSPS) is 32.4. The van der Waals surface area contributed by atoms with Crippen molar-refractivity contribution in [3.05, 3.63) is 30.1 Å². The summed E-state index contributed by atoms with van der Waals surface area (Å²) in [6.07, 6.45) is 2.29. The second-order valence-electron chi connectivity index (χ2n) is 6.07. The standard InChI is InChI=1S/C16H24FN3/c1-2-20(15-5-3-4-14(17)10-15)16(12-18)7-9-19-8-6-13(16)11-19/h3-5,10,13H,2,6-9,11-12,18H2,1H3. The highest BCUT2D eigenvalue weighted by Crippen LogP contribution is 2.41. The van der Waals surface area contributed by atoms with E-state index in [2.05, 4.69) is 16.7 Å². The number of hydrogen-bond acceptors (Lipinski definition) is 3. The van der Waals surface area contributed by atoms with Gasteiger partial charge in [0.2, 0.25) is 0 Å². The van der Waals surface area contributed by atoms with E-state index in [1.165, 1.54) is 19.0 Å². The van der Waals surface area contributed by atoms with Gasteiger partial charge in [0.1, 0.15) is 5.82 Å². The third-order valence-corrected chi connectivity index (χ3v) is 5.22. The number of hydrogen-bond donors (Lipinski definition) is 1. The van der Waals surface area contributed by atoms with Gasteiger partial charge in [0.25, 0.3) is 0 Å². The van der Waals surface area contributed by atoms with Gasteiger partial charge < -0.3 is 15.5 Å². The van der Waals surface area contributed by atoms with Gasteiger partial charge in [0.15, 0.2) is 0 Å². The molecular formula is C16H24FN3. The second kappa shape index (κ2) is 5.34. The number of fused-ring (bicyclic) bond motifs is 2. The minimum absolute atomic E-state index is 0.00442. The molecule has 0 aliphatic carbocycles. The molecule has 2 aliphatic rings. The van der Waals surface area contributed by atoms with Crippen molar-refractivity contribution in [3.63, 3.8) is 0 Å². The van der Waals surface area contributed by atoms with Crippen molar-refractivity contribution < 1.29 is 4.39 Å². The molecule has 3 rings (SSSR count). The van der Waals surface area contributed by atoms with Gasteiger partial charge in [-0.25, -0.2) is 4.39 Å². The van der Waals surface area contributed by atoms with Crippen LogP contribution >= 0.6 is 0 Å². The van der Waals surface area contributed by atoms with Crippen LogP contribution in [0.1, 0.15) is 19.8 Å². The number of rotatable bonds is 4. The molecule has 0 saturated carbocycles. The first kappa shape index (κ1) is 13.8. The molecule has 0 radical (unpaired) electrons. The Kier molecular flexibility index (Phi) is 3.69. The number of benzene rings is 1. The van der Waals surface area contributed by atoms with Crippen molar-refractivity contribution in [2.45, 2.75) is 25.3 Å². The van der Waals surface area contributed by atoms with Gasteiger partial charge in [-0.15, -0.1) is 0 Å². The van der Waals surface area contributed by atoms with Crippen molar-refractivity contribution in [1.82, 2.24) is 4.90 Å².